The first-order valence-electron chi connectivity index (χ1n) is 5.10. The van der Waals surface area contributed by atoms with E-state index in [1.807, 2.05) is 0 Å². The third-order valence-corrected chi connectivity index (χ3v) is 2.82. The third-order valence-electron chi connectivity index (χ3n) is 2.35. The fourth-order valence-electron chi connectivity index (χ4n) is 1.45. The highest BCUT2D eigenvalue weighted by Crippen LogP contribution is 2.16. The van der Waals surface area contributed by atoms with E-state index in [4.69, 9.17) is 35.9 Å². The lowest BCUT2D eigenvalue weighted by atomic mass is 10.1. The van der Waals surface area contributed by atoms with Crippen LogP contribution in [-0.4, -0.2) is 19.9 Å². The number of nitrogens with two attached hydrogens (primary N) is 2. The fourth-order valence-corrected chi connectivity index (χ4v) is 1.70. The highest BCUT2D eigenvalue weighted by molar-refractivity contribution is 7.80. The first-order chi connectivity index (χ1) is 8.58. The van der Waals surface area contributed by atoms with Crippen molar-refractivity contribution in [2.75, 3.05) is 0 Å². The summed E-state index contributed by atoms with van der Waals surface area (Å²) >= 11 is 9.86. The Bertz CT molecular complexity index is 569. The molecule has 2 rings (SSSR count). The molecule has 0 amide bonds. The van der Waals surface area contributed by atoms with Gasteiger partial charge in [0.1, 0.15) is 9.98 Å². The predicted octanol–water partition coefficient (Wildman–Crippen LogP) is 1.41. The highest BCUT2D eigenvalue weighted by Gasteiger charge is 2.05. The van der Waals surface area contributed by atoms with E-state index >= 15 is 0 Å². The maximum atomic E-state index is 5.58. The van der Waals surface area contributed by atoms with Crippen LogP contribution >= 0.6 is 24.4 Å². The predicted molar refractivity (Wildman–Crippen MR) is 79.2 cm³/mol. The molecule has 18 heavy (non-hydrogen) atoms. The summed E-state index contributed by atoms with van der Waals surface area (Å²) in [4.78, 5) is 9.11. The standard InChI is InChI=1S/C12H10N4S2/c13-11(17)7-1-3-15-9(5-7)10-6-8(12(14)18)2-4-16-10/h1-6H,(H2,13,17)(H2,14,18). The molecule has 0 fully saturated rings. The molecule has 2 aromatic rings. The fraction of sp³-hybridized carbons (Fsp3) is 0. The van der Waals surface area contributed by atoms with Crippen LogP contribution in [0.5, 0.6) is 0 Å². The Morgan fingerprint density at radius 2 is 1.22 bits per heavy atom. The molecule has 0 atom stereocenters. The molecule has 6 heteroatoms. The second-order valence-electron chi connectivity index (χ2n) is 3.59. The van der Waals surface area contributed by atoms with Gasteiger partial charge in [-0.3, -0.25) is 9.97 Å². The van der Waals surface area contributed by atoms with Crippen molar-refractivity contribution in [3.05, 3.63) is 47.8 Å². The van der Waals surface area contributed by atoms with Gasteiger partial charge in [0.05, 0.1) is 11.4 Å². The van der Waals surface area contributed by atoms with Crippen LogP contribution in [0, 0.1) is 0 Å². The highest BCUT2D eigenvalue weighted by atomic mass is 32.1. The minimum atomic E-state index is 0.323. The topological polar surface area (TPSA) is 77.8 Å². The normalized spacial score (nSPS) is 10.0. The Morgan fingerprint density at radius 1 is 0.833 bits per heavy atom. The molecule has 4 nitrogen and oxygen atoms in total. The number of rotatable bonds is 3. The van der Waals surface area contributed by atoms with Gasteiger partial charge in [-0.25, -0.2) is 0 Å². The molecule has 0 spiro atoms. The molecule has 0 saturated heterocycles. The van der Waals surface area contributed by atoms with E-state index in [2.05, 4.69) is 9.97 Å². The van der Waals surface area contributed by atoms with Crippen molar-refractivity contribution in [3.8, 4) is 11.4 Å². The molecule has 2 aromatic heterocycles. The van der Waals surface area contributed by atoms with Crippen molar-refractivity contribution in [3.63, 3.8) is 0 Å². The van der Waals surface area contributed by atoms with Gasteiger partial charge < -0.3 is 11.5 Å². The summed E-state index contributed by atoms with van der Waals surface area (Å²) in [5.41, 5.74) is 14.0. The minimum absolute atomic E-state index is 0.323. The van der Waals surface area contributed by atoms with Crippen molar-refractivity contribution < 1.29 is 0 Å². The van der Waals surface area contributed by atoms with Crippen LogP contribution in [0.25, 0.3) is 11.4 Å². The van der Waals surface area contributed by atoms with E-state index in [0.29, 0.717) is 21.4 Å². The molecular formula is C12H10N4S2. The number of aromatic nitrogens is 2. The summed E-state index contributed by atoms with van der Waals surface area (Å²) in [6.07, 6.45) is 3.28. The Morgan fingerprint density at radius 3 is 1.56 bits per heavy atom. The summed E-state index contributed by atoms with van der Waals surface area (Å²) in [6.45, 7) is 0. The van der Waals surface area contributed by atoms with Gasteiger partial charge in [0.15, 0.2) is 0 Å². The molecule has 0 unspecified atom stereocenters. The van der Waals surface area contributed by atoms with Crippen LogP contribution in [0.3, 0.4) is 0 Å². The van der Waals surface area contributed by atoms with Crippen LogP contribution in [0.4, 0.5) is 0 Å². The van der Waals surface area contributed by atoms with Gasteiger partial charge in [0, 0.05) is 23.5 Å². The van der Waals surface area contributed by atoms with Crippen LogP contribution in [0.15, 0.2) is 36.7 Å². The summed E-state index contributed by atoms with van der Waals surface area (Å²) in [5, 5.41) is 0. The van der Waals surface area contributed by atoms with Crippen LogP contribution in [-0.2, 0) is 0 Å². The van der Waals surface area contributed by atoms with Crippen molar-refractivity contribution in [2.45, 2.75) is 0 Å². The lowest BCUT2D eigenvalue weighted by molar-refractivity contribution is 1.24. The van der Waals surface area contributed by atoms with E-state index < -0.39 is 0 Å². The maximum absolute atomic E-state index is 5.58. The molecule has 0 aliphatic rings. The number of hydrogen-bond acceptors (Lipinski definition) is 4. The summed E-state index contributed by atoms with van der Waals surface area (Å²) in [5.74, 6) is 0. The molecule has 2 heterocycles. The molecular weight excluding hydrogens is 264 g/mol. The maximum Gasteiger partial charge on any atom is 0.104 e. The van der Waals surface area contributed by atoms with Gasteiger partial charge in [-0.05, 0) is 24.3 Å². The zero-order valence-electron chi connectivity index (χ0n) is 9.33. The lowest BCUT2D eigenvalue weighted by Gasteiger charge is -2.04. The average Bonchev–Trinajstić information content (AvgIpc) is 2.39. The monoisotopic (exact) mass is 274 g/mol. The SMILES string of the molecule is NC(=S)c1ccnc(-c2cc(C(N)=S)ccn2)c1. The molecule has 0 aliphatic heterocycles. The minimum Gasteiger partial charge on any atom is -0.389 e. The second kappa shape index (κ2) is 5.16. The van der Waals surface area contributed by atoms with Crippen LogP contribution in [0.1, 0.15) is 11.1 Å². The Hall–Kier alpha value is -1.92. The summed E-state index contributed by atoms with van der Waals surface area (Å²) in [6, 6.07) is 7.08. The largest absolute Gasteiger partial charge is 0.389 e. The lowest BCUT2D eigenvalue weighted by Crippen LogP contribution is -2.10. The third kappa shape index (κ3) is 2.66. The van der Waals surface area contributed by atoms with Crippen molar-refractivity contribution >= 4 is 34.4 Å². The number of hydrogen-bond donors (Lipinski definition) is 2. The average molecular weight is 274 g/mol. The Kier molecular flexibility index (Phi) is 3.59. The molecule has 90 valence electrons. The van der Waals surface area contributed by atoms with Gasteiger partial charge in [-0.15, -0.1) is 0 Å². The van der Waals surface area contributed by atoms with Crippen molar-refractivity contribution in [1.29, 1.82) is 0 Å². The van der Waals surface area contributed by atoms with Gasteiger partial charge >= 0.3 is 0 Å². The zero-order valence-corrected chi connectivity index (χ0v) is 11.0. The second-order valence-corrected chi connectivity index (χ2v) is 4.47. The van der Waals surface area contributed by atoms with Crippen LogP contribution in [0.2, 0.25) is 0 Å². The Balaban J connectivity index is 2.48. The summed E-state index contributed by atoms with van der Waals surface area (Å²) < 4.78 is 0. The molecule has 0 aromatic carbocycles. The molecule has 0 aliphatic carbocycles. The van der Waals surface area contributed by atoms with E-state index in [9.17, 15) is 0 Å². The molecule has 4 N–H and O–H groups in total. The van der Waals surface area contributed by atoms with E-state index in [0.717, 1.165) is 11.1 Å². The number of pyridine rings is 2. The molecule has 0 bridgehead atoms. The number of thiocarbonyl (C=S) groups is 2. The van der Waals surface area contributed by atoms with Gasteiger partial charge in [0.25, 0.3) is 0 Å². The van der Waals surface area contributed by atoms with Gasteiger partial charge in [-0.1, -0.05) is 24.4 Å². The molecule has 0 radical (unpaired) electrons. The first kappa shape index (κ1) is 12.5. The Labute approximate surface area is 115 Å². The first-order valence-corrected chi connectivity index (χ1v) is 5.91. The number of nitrogens with zero attached hydrogens (tertiary/aromatic N) is 2. The smallest absolute Gasteiger partial charge is 0.104 e. The van der Waals surface area contributed by atoms with Crippen molar-refractivity contribution in [2.24, 2.45) is 11.5 Å². The van der Waals surface area contributed by atoms with Gasteiger partial charge in [0.2, 0.25) is 0 Å². The molecule has 0 saturated carbocycles. The van der Waals surface area contributed by atoms with Crippen molar-refractivity contribution in [1.82, 2.24) is 9.97 Å². The van der Waals surface area contributed by atoms with E-state index in [1.54, 1.807) is 36.7 Å². The van der Waals surface area contributed by atoms with E-state index in [-0.39, 0.29) is 0 Å². The summed E-state index contributed by atoms with van der Waals surface area (Å²) in [7, 11) is 0. The van der Waals surface area contributed by atoms with E-state index in [1.165, 1.54) is 0 Å². The van der Waals surface area contributed by atoms with Gasteiger partial charge in [-0.2, -0.15) is 0 Å². The zero-order chi connectivity index (χ0) is 13.1. The quantitative estimate of drug-likeness (QED) is 0.824. The van der Waals surface area contributed by atoms with Crippen LogP contribution < -0.4 is 11.5 Å².